The molecule has 2 amide bonds. The topological polar surface area (TPSA) is 105 Å². The van der Waals surface area contributed by atoms with Gasteiger partial charge in [0.2, 0.25) is 11.8 Å². The van der Waals surface area contributed by atoms with E-state index in [4.69, 9.17) is 9.47 Å². The Bertz CT molecular complexity index is 954. The Morgan fingerprint density at radius 3 is 2.54 bits per heavy atom. The summed E-state index contributed by atoms with van der Waals surface area (Å²) in [5.41, 5.74) is -0.995. The molecule has 35 heavy (non-hydrogen) atoms. The average Bonchev–Trinajstić information content (AvgIpc) is 3.47. The second-order valence-electron chi connectivity index (χ2n) is 10.2. The molecular weight excluding hydrogens is 448 g/mol. The van der Waals surface area contributed by atoms with E-state index >= 15 is 0 Å². The van der Waals surface area contributed by atoms with Crippen molar-refractivity contribution >= 4 is 17.8 Å². The lowest BCUT2D eigenvalue weighted by atomic mass is 9.65. The number of fused-ring (bicyclic) bond motifs is 1. The van der Waals surface area contributed by atoms with Crippen molar-refractivity contribution in [2.24, 2.45) is 17.8 Å². The Morgan fingerprint density at radius 1 is 1.23 bits per heavy atom. The van der Waals surface area contributed by atoms with Crippen LogP contribution in [0.3, 0.4) is 0 Å². The molecule has 2 unspecified atom stereocenters. The van der Waals surface area contributed by atoms with Crippen LogP contribution in [-0.2, 0) is 30.4 Å². The number of amides is 2. The highest BCUT2D eigenvalue weighted by Gasteiger charge is 2.79. The van der Waals surface area contributed by atoms with Gasteiger partial charge in [0.25, 0.3) is 0 Å². The third-order valence-corrected chi connectivity index (χ3v) is 8.56. The van der Waals surface area contributed by atoms with Crippen molar-refractivity contribution in [2.75, 3.05) is 13.2 Å². The van der Waals surface area contributed by atoms with Crippen molar-refractivity contribution in [1.29, 1.82) is 0 Å². The van der Waals surface area contributed by atoms with Gasteiger partial charge in [-0.1, -0.05) is 57.5 Å². The molecular formula is C27H38N2O6. The molecule has 2 bridgehead atoms. The van der Waals surface area contributed by atoms with E-state index in [0.717, 1.165) is 12.0 Å². The van der Waals surface area contributed by atoms with Gasteiger partial charge in [-0.25, -0.2) is 0 Å². The summed E-state index contributed by atoms with van der Waals surface area (Å²) in [4.78, 5) is 42.7. The highest BCUT2D eigenvalue weighted by molar-refractivity contribution is 5.98. The molecule has 1 aromatic carbocycles. The van der Waals surface area contributed by atoms with Gasteiger partial charge in [0.15, 0.2) is 0 Å². The van der Waals surface area contributed by atoms with Crippen molar-refractivity contribution in [2.45, 2.75) is 83.2 Å². The number of aliphatic hydroxyl groups is 1. The monoisotopic (exact) mass is 486 g/mol. The standard InChI is InChI=1S/C27H38N2O6/c1-5-17(4)19(16-30)29-22(23(31)28-15-18-11-9-8-10-12-18)27-14-13-26(6-2,35-27)21(20(27)24(29)32)25(33)34-7-3/h8-12,17,19-22,30H,5-7,13-16H2,1-4H3,(H,28,31)/t17-,19-,20-,21+,22?,26-,27?/m0/s1. The number of benzene rings is 1. The normalized spacial score (nSPS) is 32.9. The third kappa shape index (κ3) is 3.95. The Morgan fingerprint density at radius 2 is 1.94 bits per heavy atom. The molecule has 1 spiro atoms. The van der Waals surface area contributed by atoms with Crippen LogP contribution in [0.25, 0.3) is 0 Å². The van der Waals surface area contributed by atoms with Crippen LogP contribution >= 0.6 is 0 Å². The van der Waals surface area contributed by atoms with Crippen LogP contribution in [0, 0.1) is 17.8 Å². The molecule has 3 aliphatic heterocycles. The maximum absolute atomic E-state index is 14.1. The number of carbonyl (C=O) groups is 3. The number of nitrogens with one attached hydrogen (secondary N) is 1. The fourth-order valence-electron chi connectivity index (χ4n) is 6.60. The molecule has 1 aromatic rings. The molecule has 8 nitrogen and oxygen atoms in total. The number of likely N-dealkylation sites (tertiary alicyclic amines) is 1. The molecule has 4 rings (SSSR count). The van der Waals surface area contributed by atoms with Gasteiger partial charge >= 0.3 is 5.97 Å². The molecule has 0 aromatic heterocycles. The van der Waals surface area contributed by atoms with Crippen molar-refractivity contribution in [3.63, 3.8) is 0 Å². The van der Waals surface area contributed by atoms with Crippen LogP contribution in [0.5, 0.6) is 0 Å². The molecule has 3 saturated heterocycles. The summed E-state index contributed by atoms with van der Waals surface area (Å²) in [5.74, 6) is -2.66. The minimum atomic E-state index is -1.12. The largest absolute Gasteiger partial charge is 0.466 e. The van der Waals surface area contributed by atoms with E-state index < -0.39 is 41.1 Å². The van der Waals surface area contributed by atoms with E-state index in [1.54, 1.807) is 6.92 Å². The SMILES string of the molecule is CCOC(=O)[C@H]1[C@H]2C(=O)N([C@@H](CO)[C@@H](C)CC)C(C(=O)NCc3ccccc3)C23CC[C@]1(CC)O3. The van der Waals surface area contributed by atoms with Gasteiger partial charge in [0.1, 0.15) is 17.6 Å². The van der Waals surface area contributed by atoms with Gasteiger partial charge in [0, 0.05) is 6.54 Å². The molecule has 192 valence electrons. The number of esters is 1. The fourth-order valence-corrected chi connectivity index (χ4v) is 6.60. The molecule has 0 aliphatic carbocycles. The number of carbonyl (C=O) groups excluding carboxylic acids is 3. The minimum Gasteiger partial charge on any atom is -0.466 e. The number of hydrogen-bond acceptors (Lipinski definition) is 6. The van der Waals surface area contributed by atoms with E-state index in [0.29, 0.717) is 25.8 Å². The predicted octanol–water partition coefficient (Wildman–Crippen LogP) is 2.43. The summed E-state index contributed by atoms with van der Waals surface area (Å²) in [6, 6.07) is 8.09. The maximum atomic E-state index is 14.1. The van der Waals surface area contributed by atoms with E-state index in [1.807, 2.05) is 51.1 Å². The summed E-state index contributed by atoms with van der Waals surface area (Å²) in [5, 5.41) is 13.3. The predicted molar refractivity (Wildman–Crippen MR) is 129 cm³/mol. The number of ether oxygens (including phenoxy) is 2. The maximum Gasteiger partial charge on any atom is 0.312 e. The number of rotatable bonds is 10. The summed E-state index contributed by atoms with van der Waals surface area (Å²) < 4.78 is 12.1. The summed E-state index contributed by atoms with van der Waals surface area (Å²) in [6.45, 7) is 7.91. The Balaban J connectivity index is 1.75. The Labute approximate surface area is 207 Å². The lowest BCUT2D eigenvalue weighted by Crippen LogP contribution is -2.59. The summed E-state index contributed by atoms with van der Waals surface area (Å²) in [6.07, 6.45) is 2.37. The van der Waals surface area contributed by atoms with Crippen LogP contribution in [0.2, 0.25) is 0 Å². The van der Waals surface area contributed by atoms with Crippen molar-refractivity contribution in [3.05, 3.63) is 35.9 Å². The zero-order chi connectivity index (χ0) is 25.4. The lowest BCUT2D eigenvalue weighted by Gasteiger charge is -2.39. The van der Waals surface area contributed by atoms with Crippen LogP contribution in [0.1, 0.15) is 58.9 Å². The van der Waals surface area contributed by atoms with Crippen LogP contribution in [-0.4, -0.2) is 64.3 Å². The number of aliphatic hydroxyl groups excluding tert-OH is 1. The highest BCUT2D eigenvalue weighted by Crippen LogP contribution is 2.64. The first kappa shape index (κ1) is 25.6. The van der Waals surface area contributed by atoms with Crippen LogP contribution in [0.4, 0.5) is 0 Å². The molecule has 7 atom stereocenters. The van der Waals surface area contributed by atoms with Gasteiger partial charge in [0.05, 0.1) is 30.8 Å². The molecule has 2 N–H and O–H groups in total. The van der Waals surface area contributed by atoms with Gasteiger partial charge in [-0.15, -0.1) is 0 Å². The molecule has 8 heteroatoms. The van der Waals surface area contributed by atoms with Gasteiger partial charge in [-0.3, -0.25) is 14.4 Å². The zero-order valence-electron chi connectivity index (χ0n) is 21.2. The van der Waals surface area contributed by atoms with Gasteiger partial charge < -0.3 is 24.8 Å². The number of nitrogens with zero attached hydrogens (tertiary/aromatic N) is 1. The highest BCUT2D eigenvalue weighted by atomic mass is 16.6. The molecule has 0 saturated carbocycles. The molecule has 0 radical (unpaired) electrons. The quantitative estimate of drug-likeness (QED) is 0.492. The third-order valence-electron chi connectivity index (χ3n) is 8.56. The second kappa shape index (κ2) is 9.90. The first-order chi connectivity index (χ1) is 16.8. The Hall–Kier alpha value is -2.45. The van der Waals surface area contributed by atoms with E-state index in [1.165, 1.54) is 4.90 Å². The van der Waals surface area contributed by atoms with Gasteiger partial charge in [-0.05, 0) is 37.7 Å². The fraction of sp³-hybridized carbons (Fsp3) is 0.667. The van der Waals surface area contributed by atoms with Crippen molar-refractivity contribution < 1.29 is 29.0 Å². The van der Waals surface area contributed by atoms with Crippen LogP contribution < -0.4 is 5.32 Å². The van der Waals surface area contributed by atoms with Crippen molar-refractivity contribution in [3.8, 4) is 0 Å². The first-order valence-electron chi connectivity index (χ1n) is 12.9. The first-order valence-corrected chi connectivity index (χ1v) is 12.9. The summed E-state index contributed by atoms with van der Waals surface area (Å²) >= 11 is 0. The average molecular weight is 487 g/mol. The number of hydrogen-bond donors (Lipinski definition) is 2. The van der Waals surface area contributed by atoms with E-state index in [-0.39, 0.29) is 30.9 Å². The molecule has 3 fully saturated rings. The zero-order valence-corrected chi connectivity index (χ0v) is 21.2. The smallest absolute Gasteiger partial charge is 0.312 e. The second-order valence-corrected chi connectivity index (χ2v) is 10.2. The summed E-state index contributed by atoms with van der Waals surface area (Å²) in [7, 11) is 0. The van der Waals surface area contributed by atoms with E-state index in [9.17, 15) is 19.5 Å². The lowest BCUT2D eigenvalue weighted by molar-refractivity contribution is -0.162. The molecule has 3 heterocycles. The Kier molecular flexibility index (Phi) is 7.25. The van der Waals surface area contributed by atoms with Crippen molar-refractivity contribution in [1.82, 2.24) is 10.2 Å². The van der Waals surface area contributed by atoms with E-state index in [2.05, 4.69) is 5.32 Å². The molecule has 3 aliphatic rings. The van der Waals surface area contributed by atoms with Gasteiger partial charge in [-0.2, -0.15) is 0 Å². The van der Waals surface area contributed by atoms with Crippen LogP contribution in [0.15, 0.2) is 30.3 Å². The minimum absolute atomic E-state index is 0.0398.